The number of nitrogens with zero attached hydrogens (tertiary/aromatic N) is 1. The summed E-state index contributed by atoms with van der Waals surface area (Å²) in [4.78, 5) is 16.5. The third-order valence-electron chi connectivity index (χ3n) is 4.25. The predicted molar refractivity (Wildman–Crippen MR) is 115 cm³/mol. The Bertz CT molecular complexity index is 1030. The van der Waals surface area contributed by atoms with E-state index in [1.54, 1.807) is 54.6 Å². The van der Waals surface area contributed by atoms with Crippen molar-refractivity contribution in [3.05, 3.63) is 77.9 Å². The van der Waals surface area contributed by atoms with E-state index in [1.807, 2.05) is 0 Å². The number of carbonyl (C=O) groups is 1. The minimum absolute atomic E-state index is 0.0797. The van der Waals surface area contributed by atoms with Crippen LogP contribution in [0.2, 0.25) is 0 Å². The van der Waals surface area contributed by atoms with Gasteiger partial charge in [-0.3, -0.25) is 4.99 Å². The number of ether oxygens (including phenoxy) is 2. The van der Waals surface area contributed by atoms with Gasteiger partial charge in [0.2, 0.25) is 0 Å². The van der Waals surface area contributed by atoms with Crippen molar-refractivity contribution in [1.29, 1.82) is 0 Å². The Balaban J connectivity index is 1.63. The standard InChI is InChI=1S/C24H23NO5/c1-2-3-13-29-21-10-7-17(8-11-21)24(28)30-22-12-9-18(23(27)15-22)16-25-19-5-4-6-20(26)14-19/h4-12,14-16,26-27H,2-3,13H2,1H3. The highest BCUT2D eigenvalue weighted by molar-refractivity contribution is 5.91. The zero-order valence-corrected chi connectivity index (χ0v) is 16.6. The van der Waals surface area contributed by atoms with Crippen molar-refractivity contribution < 1.29 is 24.5 Å². The minimum Gasteiger partial charge on any atom is -0.508 e. The van der Waals surface area contributed by atoms with Crippen molar-refractivity contribution in [2.24, 2.45) is 4.99 Å². The van der Waals surface area contributed by atoms with Crippen LogP contribution in [0.25, 0.3) is 0 Å². The van der Waals surface area contributed by atoms with E-state index in [2.05, 4.69) is 11.9 Å². The molecule has 0 saturated heterocycles. The van der Waals surface area contributed by atoms with Crippen molar-refractivity contribution in [3.63, 3.8) is 0 Å². The van der Waals surface area contributed by atoms with Crippen molar-refractivity contribution in [2.75, 3.05) is 6.61 Å². The number of unbranched alkanes of at least 4 members (excludes halogenated alkanes) is 1. The van der Waals surface area contributed by atoms with Gasteiger partial charge in [0, 0.05) is 23.9 Å². The molecule has 3 aromatic carbocycles. The van der Waals surface area contributed by atoms with Crippen LogP contribution in [0.5, 0.6) is 23.0 Å². The number of carbonyl (C=O) groups excluding carboxylic acids is 1. The lowest BCUT2D eigenvalue weighted by Crippen LogP contribution is -2.08. The SMILES string of the molecule is CCCCOc1ccc(C(=O)Oc2ccc(C=Nc3cccc(O)c3)c(O)c2)cc1. The molecule has 154 valence electrons. The lowest BCUT2D eigenvalue weighted by molar-refractivity contribution is 0.0734. The largest absolute Gasteiger partial charge is 0.508 e. The maximum Gasteiger partial charge on any atom is 0.343 e. The van der Waals surface area contributed by atoms with E-state index in [9.17, 15) is 15.0 Å². The zero-order valence-electron chi connectivity index (χ0n) is 16.6. The molecule has 0 aliphatic rings. The molecule has 0 spiro atoms. The quantitative estimate of drug-likeness (QED) is 0.231. The second-order valence-electron chi connectivity index (χ2n) is 6.61. The maximum absolute atomic E-state index is 12.3. The fourth-order valence-corrected chi connectivity index (χ4v) is 2.60. The van der Waals surface area contributed by atoms with Crippen LogP contribution in [-0.2, 0) is 0 Å². The summed E-state index contributed by atoms with van der Waals surface area (Å²) in [5, 5.41) is 19.7. The van der Waals surface area contributed by atoms with Gasteiger partial charge >= 0.3 is 5.97 Å². The van der Waals surface area contributed by atoms with Gasteiger partial charge in [-0.25, -0.2) is 4.79 Å². The van der Waals surface area contributed by atoms with Crippen LogP contribution in [0.3, 0.4) is 0 Å². The normalized spacial score (nSPS) is 10.8. The van der Waals surface area contributed by atoms with E-state index in [4.69, 9.17) is 9.47 Å². The number of hydrogen-bond donors (Lipinski definition) is 2. The first-order valence-corrected chi connectivity index (χ1v) is 9.66. The first kappa shape index (κ1) is 20.9. The Morgan fingerprint density at radius 3 is 2.47 bits per heavy atom. The molecule has 0 aliphatic carbocycles. The van der Waals surface area contributed by atoms with Gasteiger partial charge in [-0.2, -0.15) is 0 Å². The van der Waals surface area contributed by atoms with Crippen molar-refractivity contribution in [2.45, 2.75) is 19.8 Å². The van der Waals surface area contributed by atoms with Gasteiger partial charge in [-0.1, -0.05) is 19.4 Å². The molecule has 0 amide bonds. The summed E-state index contributed by atoms with van der Waals surface area (Å²) in [6.07, 6.45) is 3.49. The molecule has 0 bridgehead atoms. The monoisotopic (exact) mass is 405 g/mol. The highest BCUT2D eigenvalue weighted by Crippen LogP contribution is 2.25. The number of phenolic OH excluding ortho intramolecular Hbond substituents is 2. The summed E-state index contributed by atoms with van der Waals surface area (Å²) in [6, 6.07) is 17.7. The predicted octanol–water partition coefficient (Wildman–Crippen LogP) is 5.25. The van der Waals surface area contributed by atoms with E-state index in [0.717, 1.165) is 12.8 Å². The van der Waals surface area contributed by atoms with Crippen LogP contribution in [-0.4, -0.2) is 29.0 Å². The fraction of sp³-hybridized carbons (Fsp3) is 0.167. The van der Waals surface area contributed by atoms with Gasteiger partial charge in [-0.05, 0) is 55.0 Å². The zero-order chi connectivity index (χ0) is 21.3. The Kier molecular flexibility index (Phi) is 7.05. The van der Waals surface area contributed by atoms with Gasteiger partial charge in [-0.15, -0.1) is 0 Å². The van der Waals surface area contributed by atoms with E-state index in [0.29, 0.717) is 29.2 Å². The molecule has 0 aromatic heterocycles. The molecule has 2 N–H and O–H groups in total. The van der Waals surface area contributed by atoms with E-state index in [-0.39, 0.29) is 17.2 Å². The van der Waals surface area contributed by atoms with E-state index in [1.165, 1.54) is 18.3 Å². The van der Waals surface area contributed by atoms with Gasteiger partial charge in [0.05, 0.1) is 17.9 Å². The number of rotatable bonds is 8. The summed E-state index contributed by atoms with van der Waals surface area (Å²) in [7, 11) is 0. The molecule has 0 unspecified atom stereocenters. The molecule has 0 saturated carbocycles. The van der Waals surface area contributed by atoms with Crippen LogP contribution in [0.15, 0.2) is 71.7 Å². The molecule has 0 radical (unpaired) electrons. The van der Waals surface area contributed by atoms with Crippen LogP contribution in [0.4, 0.5) is 5.69 Å². The van der Waals surface area contributed by atoms with Crippen LogP contribution >= 0.6 is 0 Å². The topological polar surface area (TPSA) is 88.4 Å². The second kappa shape index (κ2) is 10.1. The maximum atomic E-state index is 12.3. The Morgan fingerprint density at radius 1 is 1.00 bits per heavy atom. The summed E-state index contributed by atoms with van der Waals surface area (Å²) in [5.74, 6) is 0.416. The number of esters is 1. The summed E-state index contributed by atoms with van der Waals surface area (Å²) in [5.41, 5.74) is 1.38. The number of phenols is 2. The Morgan fingerprint density at radius 2 is 1.77 bits per heavy atom. The Labute approximate surface area is 175 Å². The minimum atomic E-state index is -0.532. The lowest BCUT2D eigenvalue weighted by Gasteiger charge is -2.08. The molecule has 0 atom stereocenters. The number of aromatic hydroxyl groups is 2. The van der Waals surface area contributed by atoms with Crippen LogP contribution in [0.1, 0.15) is 35.7 Å². The molecule has 0 fully saturated rings. The number of hydrogen-bond acceptors (Lipinski definition) is 6. The molecule has 6 nitrogen and oxygen atoms in total. The molecule has 0 aliphatic heterocycles. The highest BCUT2D eigenvalue weighted by atomic mass is 16.5. The van der Waals surface area contributed by atoms with Crippen molar-refractivity contribution >= 4 is 17.9 Å². The van der Waals surface area contributed by atoms with Crippen LogP contribution in [0, 0.1) is 0 Å². The van der Waals surface area contributed by atoms with Crippen molar-refractivity contribution in [3.8, 4) is 23.0 Å². The number of aliphatic imine (C=N–C) groups is 1. The van der Waals surface area contributed by atoms with Gasteiger partial charge in [0.15, 0.2) is 0 Å². The molecule has 30 heavy (non-hydrogen) atoms. The first-order valence-electron chi connectivity index (χ1n) is 9.66. The molecule has 6 heteroatoms. The average molecular weight is 405 g/mol. The molecular weight excluding hydrogens is 382 g/mol. The van der Waals surface area contributed by atoms with E-state index >= 15 is 0 Å². The number of benzene rings is 3. The third kappa shape index (κ3) is 5.85. The summed E-state index contributed by atoms with van der Waals surface area (Å²) >= 11 is 0. The van der Waals surface area contributed by atoms with Gasteiger partial charge in [0.25, 0.3) is 0 Å². The smallest absolute Gasteiger partial charge is 0.343 e. The third-order valence-corrected chi connectivity index (χ3v) is 4.25. The van der Waals surface area contributed by atoms with Gasteiger partial charge in [0.1, 0.15) is 23.0 Å². The van der Waals surface area contributed by atoms with E-state index < -0.39 is 5.97 Å². The molecule has 3 aromatic rings. The van der Waals surface area contributed by atoms with Crippen molar-refractivity contribution in [1.82, 2.24) is 0 Å². The summed E-state index contributed by atoms with van der Waals surface area (Å²) < 4.78 is 10.9. The van der Waals surface area contributed by atoms with Gasteiger partial charge < -0.3 is 19.7 Å². The molecule has 0 heterocycles. The average Bonchev–Trinajstić information content (AvgIpc) is 2.74. The second-order valence-corrected chi connectivity index (χ2v) is 6.61. The van der Waals surface area contributed by atoms with Crippen LogP contribution < -0.4 is 9.47 Å². The first-order chi connectivity index (χ1) is 14.5. The lowest BCUT2D eigenvalue weighted by atomic mass is 10.2. The fourth-order valence-electron chi connectivity index (χ4n) is 2.60. The highest BCUT2D eigenvalue weighted by Gasteiger charge is 2.10. The Hall–Kier alpha value is -3.80. The summed E-state index contributed by atoms with van der Waals surface area (Å²) in [6.45, 7) is 2.73. The molecular formula is C24H23NO5. The molecule has 3 rings (SSSR count).